The molecule has 1 nitrogen and oxygen atoms in total. The number of hydrogen-bond donors (Lipinski definition) is 1. The van der Waals surface area contributed by atoms with Crippen LogP contribution in [0.1, 0.15) is 25.7 Å². The number of quaternary nitrogens is 1. The Morgan fingerprint density at radius 3 is 2.83 bits per heavy atom. The van der Waals surface area contributed by atoms with Crippen molar-refractivity contribution in [3.05, 3.63) is 0 Å². The van der Waals surface area contributed by atoms with Crippen LogP contribution in [0, 0.1) is 11.8 Å². The van der Waals surface area contributed by atoms with E-state index < -0.39 is 0 Å². The minimum Gasteiger partial charge on any atom is -0.337 e. The minimum absolute atomic E-state index is 0.824. The average molecular weight is 233 g/mol. The van der Waals surface area contributed by atoms with E-state index in [1.807, 2.05) is 0 Å². The molecule has 0 aromatic rings. The minimum atomic E-state index is 0.824. The summed E-state index contributed by atoms with van der Waals surface area (Å²) in [5.41, 5.74) is 0. The first-order chi connectivity index (χ1) is 5.75. The molecule has 1 saturated carbocycles. The first-order valence-electron chi connectivity index (χ1n) is 5.21. The van der Waals surface area contributed by atoms with Crippen LogP contribution in [-0.2, 0) is 0 Å². The fourth-order valence-electron chi connectivity index (χ4n) is 2.88. The van der Waals surface area contributed by atoms with Gasteiger partial charge in [0.2, 0.25) is 0 Å². The van der Waals surface area contributed by atoms with Gasteiger partial charge in [0.25, 0.3) is 0 Å². The average Bonchev–Trinajstić information content (AvgIpc) is 2.03. The number of nitrogens with one attached hydrogen (secondary N) is 1. The van der Waals surface area contributed by atoms with Crippen molar-refractivity contribution < 1.29 is 4.90 Å². The lowest BCUT2D eigenvalue weighted by Gasteiger charge is -2.39. The van der Waals surface area contributed by atoms with E-state index in [0.717, 1.165) is 16.7 Å². The Balaban J connectivity index is 1.94. The number of fused-ring (bicyclic) bond motifs is 1. The predicted molar refractivity (Wildman–Crippen MR) is 54.8 cm³/mol. The summed E-state index contributed by atoms with van der Waals surface area (Å²) < 4.78 is 0. The molecule has 1 aliphatic carbocycles. The van der Waals surface area contributed by atoms with E-state index in [4.69, 9.17) is 0 Å². The van der Waals surface area contributed by atoms with E-state index in [-0.39, 0.29) is 0 Å². The topological polar surface area (TPSA) is 4.44 Å². The Labute approximate surface area is 83.6 Å². The fraction of sp³-hybridized carbons (Fsp3) is 1.00. The summed E-state index contributed by atoms with van der Waals surface area (Å²) in [7, 11) is 2.34. The summed E-state index contributed by atoms with van der Waals surface area (Å²) in [4.78, 5) is 2.57. The van der Waals surface area contributed by atoms with Crippen LogP contribution in [0.3, 0.4) is 0 Å². The molecule has 0 bridgehead atoms. The highest BCUT2D eigenvalue weighted by molar-refractivity contribution is 9.09. The van der Waals surface area contributed by atoms with Gasteiger partial charge in [0, 0.05) is 10.7 Å². The summed E-state index contributed by atoms with van der Waals surface area (Å²) in [6.45, 7) is 2.83. The molecule has 0 aromatic heterocycles. The van der Waals surface area contributed by atoms with Crippen molar-refractivity contribution in [2.45, 2.75) is 30.5 Å². The van der Waals surface area contributed by atoms with E-state index in [1.54, 1.807) is 4.90 Å². The molecule has 70 valence electrons. The van der Waals surface area contributed by atoms with E-state index in [2.05, 4.69) is 23.0 Å². The summed E-state index contributed by atoms with van der Waals surface area (Å²) >= 11 is 3.76. The van der Waals surface area contributed by atoms with Crippen molar-refractivity contribution in [2.24, 2.45) is 11.8 Å². The number of rotatable bonds is 0. The second-order valence-electron chi connectivity index (χ2n) is 4.63. The standard InChI is InChI=1S/C10H18BrN/c1-12-5-4-8-2-3-10(11)6-9(8)7-12/h8-10H,2-7H2,1H3/p+1/t8-,9+,10+/m1/s1. The number of piperidine rings is 1. The monoisotopic (exact) mass is 232 g/mol. The largest absolute Gasteiger partial charge is 0.337 e. The lowest BCUT2D eigenvalue weighted by molar-refractivity contribution is -0.890. The SMILES string of the molecule is C[NH+]1CC[C@H]2CC[C@H](Br)C[C@H]2C1. The van der Waals surface area contributed by atoms with Gasteiger partial charge in [-0.3, -0.25) is 0 Å². The lowest BCUT2D eigenvalue weighted by Crippen LogP contribution is -3.11. The molecule has 2 heteroatoms. The Kier molecular flexibility index (Phi) is 2.75. The molecule has 1 unspecified atom stereocenters. The van der Waals surface area contributed by atoms with Gasteiger partial charge in [-0.15, -0.1) is 0 Å². The smallest absolute Gasteiger partial charge is 0.0800 e. The fourth-order valence-corrected chi connectivity index (χ4v) is 3.63. The van der Waals surface area contributed by atoms with Crippen molar-refractivity contribution >= 4 is 15.9 Å². The molecule has 0 spiro atoms. The van der Waals surface area contributed by atoms with Crippen LogP contribution in [0.2, 0.25) is 0 Å². The predicted octanol–water partition coefficient (Wildman–Crippen LogP) is 1.08. The van der Waals surface area contributed by atoms with Crippen LogP contribution in [0.25, 0.3) is 0 Å². The molecule has 2 aliphatic rings. The van der Waals surface area contributed by atoms with E-state index in [9.17, 15) is 0 Å². The maximum absolute atomic E-state index is 3.76. The molecule has 0 aromatic carbocycles. The van der Waals surface area contributed by atoms with Gasteiger partial charge >= 0.3 is 0 Å². The van der Waals surface area contributed by atoms with Crippen LogP contribution in [0.5, 0.6) is 0 Å². The summed E-state index contributed by atoms with van der Waals surface area (Å²) in [6, 6.07) is 0. The van der Waals surface area contributed by atoms with Gasteiger partial charge < -0.3 is 4.90 Å². The second kappa shape index (κ2) is 3.67. The van der Waals surface area contributed by atoms with Gasteiger partial charge in [0.15, 0.2) is 0 Å². The lowest BCUT2D eigenvalue weighted by atomic mass is 9.75. The Morgan fingerprint density at radius 2 is 2.00 bits per heavy atom. The Bertz CT molecular complexity index is 144. The molecule has 4 atom stereocenters. The zero-order valence-electron chi connectivity index (χ0n) is 7.85. The molecule has 0 radical (unpaired) electrons. The molecule has 2 fully saturated rings. The van der Waals surface area contributed by atoms with Crippen molar-refractivity contribution in [1.29, 1.82) is 0 Å². The number of halogens is 1. The molecular weight excluding hydrogens is 214 g/mol. The van der Waals surface area contributed by atoms with Crippen molar-refractivity contribution in [3.63, 3.8) is 0 Å². The quantitative estimate of drug-likeness (QED) is 0.597. The zero-order valence-corrected chi connectivity index (χ0v) is 9.44. The summed E-state index contributed by atoms with van der Waals surface area (Å²) in [5, 5.41) is 0. The van der Waals surface area contributed by atoms with Gasteiger partial charge in [-0.25, -0.2) is 0 Å². The molecule has 1 N–H and O–H groups in total. The van der Waals surface area contributed by atoms with Crippen LogP contribution in [-0.4, -0.2) is 25.0 Å². The number of hydrogen-bond acceptors (Lipinski definition) is 0. The van der Waals surface area contributed by atoms with Crippen LogP contribution in [0.15, 0.2) is 0 Å². The van der Waals surface area contributed by atoms with Gasteiger partial charge in [-0.05, 0) is 31.6 Å². The van der Waals surface area contributed by atoms with Gasteiger partial charge in [-0.2, -0.15) is 0 Å². The number of alkyl halides is 1. The highest BCUT2D eigenvalue weighted by Crippen LogP contribution is 2.35. The Hall–Kier alpha value is 0.440. The van der Waals surface area contributed by atoms with E-state index in [0.29, 0.717) is 0 Å². The van der Waals surface area contributed by atoms with Gasteiger partial charge in [-0.1, -0.05) is 15.9 Å². The van der Waals surface area contributed by atoms with Crippen molar-refractivity contribution in [1.82, 2.24) is 0 Å². The zero-order chi connectivity index (χ0) is 8.55. The summed E-state index contributed by atoms with van der Waals surface area (Å²) in [5.74, 6) is 2.10. The third-order valence-corrected chi connectivity index (χ3v) is 4.46. The molecule has 1 heterocycles. The molecule has 2 rings (SSSR count). The van der Waals surface area contributed by atoms with Gasteiger partial charge in [0.05, 0.1) is 20.1 Å². The molecule has 0 amide bonds. The number of likely N-dealkylation sites (tertiary alicyclic amines) is 1. The molecule has 1 saturated heterocycles. The van der Waals surface area contributed by atoms with Crippen molar-refractivity contribution in [3.8, 4) is 0 Å². The highest BCUT2D eigenvalue weighted by Gasteiger charge is 2.34. The maximum atomic E-state index is 3.76. The third kappa shape index (κ3) is 1.85. The van der Waals surface area contributed by atoms with E-state index >= 15 is 0 Å². The molecular formula is C10H19BrN+. The van der Waals surface area contributed by atoms with Crippen LogP contribution in [0.4, 0.5) is 0 Å². The highest BCUT2D eigenvalue weighted by atomic mass is 79.9. The van der Waals surface area contributed by atoms with Gasteiger partial charge in [0.1, 0.15) is 0 Å². The second-order valence-corrected chi connectivity index (χ2v) is 5.93. The third-order valence-electron chi connectivity index (χ3n) is 3.63. The van der Waals surface area contributed by atoms with E-state index in [1.165, 1.54) is 38.8 Å². The molecule has 12 heavy (non-hydrogen) atoms. The first-order valence-corrected chi connectivity index (χ1v) is 6.12. The first kappa shape index (κ1) is 9.01. The Morgan fingerprint density at radius 1 is 1.17 bits per heavy atom. The van der Waals surface area contributed by atoms with Crippen molar-refractivity contribution in [2.75, 3.05) is 20.1 Å². The molecule has 1 aliphatic heterocycles. The normalized spacial score (nSPS) is 48.5. The maximum Gasteiger partial charge on any atom is 0.0800 e. The van der Waals surface area contributed by atoms with Crippen LogP contribution >= 0.6 is 15.9 Å². The van der Waals surface area contributed by atoms with Crippen LogP contribution < -0.4 is 4.90 Å². The summed E-state index contributed by atoms with van der Waals surface area (Å²) in [6.07, 6.45) is 5.81.